The summed E-state index contributed by atoms with van der Waals surface area (Å²) < 4.78 is 0. The van der Waals surface area contributed by atoms with Crippen molar-refractivity contribution >= 4 is 28.7 Å². The van der Waals surface area contributed by atoms with Crippen molar-refractivity contribution in [1.29, 1.82) is 0 Å². The molecule has 1 atom stereocenters. The van der Waals surface area contributed by atoms with Crippen molar-refractivity contribution in [3.63, 3.8) is 0 Å². The average molecular weight is 329 g/mol. The number of carbonyl (C=O) groups excluding carboxylic acids is 1. The highest BCUT2D eigenvalue weighted by Gasteiger charge is 2.55. The molecule has 2 aromatic rings. The molecule has 2 aliphatic rings. The Morgan fingerprint density at radius 2 is 2.12 bits per heavy atom. The minimum atomic E-state index is -0.879. The molecule has 1 spiro atoms. The van der Waals surface area contributed by atoms with Gasteiger partial charge in [-0.15, -0.1) is 0 Å². The van der Waals surface area contributed by atoms with Gasteiger partial charge >= 0.3 is 5.97 Å². The van der Waals surface area contributed by atoms with Gasteiger partial charge in [0.1, 0.15) is 17.8 Å². The van der Waals surface area contributed by atoms with Crippen LogP contribution in [0.2, 0.25) is 0 Å². The van der Waals surface area contributed by atoms with Crippen LogP contribution < -0.4 is 4.90 Å². The second-order valence-electron chi connectivity index (χ2n) is 6.58. The molecule has 2 aliphatic heterocycles. The van der Waals surface area contributed by atoms with Crippen molar-refractivity contribution in [1.82, 2.24) is 19.9 Å². The van der Waals surface area contributed by atoms with Crippen LogP contribution in [-0.4, -0.2) is 62.5 Å². The number of aliphatic carboxylic acids is 1. The first-order valence-corrected chi connectivity index (χ1v) is 8.05. The summed E-state index contributed by atoms with van der Waals surface area (Å²) in [6.07, 6.45) is 4.72. The SMILES string of the molecule is CN1C(=O)C[C@@H](C(=O)O)C12CCN(c1ncnc3[nH]ccc13)CC2. The highest BCUT2D eigenvalue weighted by atomic mass is 16.4. The first kappa shape index (κ1) is 14.9. The number of nitrogens with one attached hydrogen (secondary N) is 1. The molecule has 0 aliphatic carbocycles. The average Bonchev–Trinajstić information content (AvgIpc) is 3.15. The summed E-state index contributed by atoms with van der Waals surface area (Å²) in [4.78, 5) is 39.2. The number of fused-ring (bicyclic) bond motifs is 1. The monoisotopic (exact) mass is 329 g/mol. The van der Waals surface area contributed by atoms with Crippen LogP contribution in [0.3, 0.4) is 0 Å². The maximum atomic E-state index is 12.1. The maximum absolute atomic E-state index is 12.1. The normalized spacial score (nSPS) is 23.4. The predicted molar refractivity (Wildman–Crippen MR) is 86.6 cm³/mol. The van der Waals surface area contributed by atoms with Crippen molar-refractivity contribution in [2.45, 2.75) is 24.8 Å². The summed E-state index contributed by atoms with van der Waals surface area (Å²) in [5, 5.41) is 10.5. The Hall–Kier alpha value is -2.64. The molecule has 1 amide bonds. The number of rotatable bonds is 2. The lowest BCUT2D eigenvalue weighted by Crippen LogP contribution is -2.56. The van der Waals surface area contributed by atoms with E-state index in [1.807, 2.05) is 12.3 Å². The molecule has 24 heavy (non-hydrogen) atoms. The number of hydrogen-bond donors (Lipinski definition) is 2. The van der Waals surface area contributed by atoms with Gasteiger partial charge in [0.05, 0.1) is 16.8 Å². The van der Waals surface area contributed by atoms with E-state index in [1.54, 1.807) is 11.9 Å². The first-order chi connectivity index (χ1) is 11.5. The van der Waals surface area contributed by atoms with E-state index in [0.717, 1.165) is 16.9 Å². The molecule has 4 heterocycles. The third kappa shape index (κ3) is 1.98. The molecule has 8 heteroatoms. The number of aromatic nitrogens is 3. The molecular formula is C16H19N5O3. The second kappa shape index (κ2) is 5.19. The van der Waals surface area contributed by atoms with Crippen molar-refractivity contribution in [3.8, 4) is 0 Å². The molecular weight excluding hydrogens is 310 g/mol. The number of nitrogens with zero attached hydrogens (tertiary/aromatic N) is 4. The van der Waals surface area contributed by atoms with E-state index < -0.39 is 17.4 Å². The predicted octanol–water partition coefficient (Wildman–Crippen LogP) is 0.860. The maximum Gasteiger partial charge on any atom is 0.309 e. The summed E-state index contributed by atoms with van der Waals surface area (Å²) >= 11 is 0. The number of H-pyrrole nitrogens is 1. The van der Waals surface area contributed by atoms with Gasteiger partial charge in [0, 0.05) is 32.8 Å². The van der Waals surface area contributed by atoms with Crippen LogP contribution in [0.25, 0.3) is 11.0 Å². The Kier molecular flexibility index (Phi) is 3.22. The van der Waals surface area contributed by atoms with Gasteiger partial charge in [0.15, 0.2) is 0 Å². The van der Waals surface area contributed by atoms with Gasteiger partial charge < -0.3 is 19.9 Å². The lowest BCUT2D eigenvalue weighted by Gasteiger charge is -2.45. The van der Waals surface area contributed by atoms with Gasteiger partial charge in [0.2, 0.25) is 5.91 Å². The van der Waals surface area contributed by atoms with E-state index in [4.69, 9.17) is 0 Å². The fourth-order valence-corrected chi connectivity index (χ4v) is 4.20. The molecule has 0 bridgehead atoms. The Morgan fingerprint density at radius 1 is 1.38 bits per heavy atom. The Bertz CT molecular complexity index is 809. The van der Waals surface area contributed by atoms with Crippen LogP contribution in [0.5, 0.6) is 0 Å². The molecule has 2 saturated heterocycles. The number of hydrogen-bond acceptors (Lipinski definition) is 5. The zero-order chi connectivity index (χ0) is 16.9. The van der Waals surface area contributed by atoms with Crippen LogP contribution in [-0.2, 0) is 9.59 Å². The molecule has 126 valence electrons. The highest BCUT2D eigenvalue weighted by Crippen LogP contribution is 2.43. The topological polar surface area (TPSA) is 102 Å². The van der Waals surface area contributed by atoms with E-state index in [-0.39, 0.29) is 12.3 Å². The second-order valence-corrected chi connectivity index (χ2v) is 6.58. The molecule has 0 aromatic carbocycles. The smallest absolute Gasteiger partial charge is 0.309 e. The number of amides is 1. The molecule has 2 fully saturated rings. The van der Waals surface area contributed by atoms with Crippen molar-refractivity contribution < 1.29 is 14.7 Å². The van der Waals surface area contributed by atoms with Gasteiger partial charge in [-0.1, -0.05) is 0 Å². The van der Waals surface area contributed by atoms with Gasteiger partial charge in [-0.2, -0.15) is 0 Å². The molecule has 2 N–H and O–H groups in total. The van der Waals surface area contributed by atoms with E-state index in [1.165, 1.54) is 6.33 Å². The molecule has 0 saturated carbocycles. The molecule has 8 nitrogen and oxygen atoms in total. The summed E-state index contributed by atoms with van der Waals surface area (Å²) in [6, 6.07) is 1.94. The van der Waals surface area contributed by atoms with E-state index in [9.17, 15) is 14.7 Å². The van der Waals surface area contributed by atoms with Crippen LogP contribution in [0.4, 0.5) is 5.82 Å². The number of likely N-dealkylation sites (tertiary alicyclic amines) is 1. The summed E-state index contributed by atoms with van der Waals surface area (Å²) in [7, 11) is 1.73. The Labute approximate surface area is 138 Å². The van der Waals surface area contributed by atoms with Crippen LogP contribution in [0.1, 0.15) is 19.3 Å². The number of anilines is 1. The lowest BCUT2D eigenvalue weighted by molar-refractivity contribution is -0.145. The molecule has 4 rings (SSSR count). The zero-order valence-electron chi connectivity index (χ0n) is 13.4. The van der Waals surface area contributed by atoms with Crippen LogP contribution >= 0.6 is 0 Å². The number of piperidine rings is 1. The van der Waals surface area contributed by atoms with Crippen LogP contribution in [0.15, 0.2) is 18.6 Å². The van der Waals surface area contributed by atoms with Gasteiger partial charge in [-0.05, 0) is 18.9 Å². The third-order valence-corrected chi connectivity index (χ3v) is 5.63. The van der Waals surface area contributed by atoms with Gasteiger partial charge in [-0.25, -0.2) is 9.97 Å². The third-order valence-electron chi connectivity index (χ3n) is 5.63. The largest absolute Gasteiger partial charge is 0.481 e. The van der Waals surface area contributed by atoms with Gasteiger partial charge in [-0.3, -0.25) is 9.59 Å². The fraction of sp³-hybridized carbons (Fsp3) is 0.500. The summed E-state index contributed by atoms with van der Waals surface area (Å²) in [5.41, 5.74) is 0.209. The van der Waals surface area contributed by atoms with Gasteiger partial charge in [0.25, 0.3) is 0 Å². The lowest BCUT2D eigenvalue weighted by atomic mass is 9.77. The number of carbonyl (C=O) groups is 2. The van der Waals surface area contributed by atoms with Crippen LogP contribution in [0, 0.1) is 5.92 Å². The number of carboxylic acids is 1. The van der Waals surface area contributed by atoms with E-state index in [2.05, 4.69) is 19.9 Å². The van der Waals surface area contributed by atoms with E-state index in [0.29, 0.717) is 25.9 Å². The minimum absolute atomic E-state index is 0.0779. The quantitative estimate of drug-likeness (QED) is 0.847. The Morgan fingerprint density at radius 3 is 2.83 bits per heavy atom. The van der Waals surface area contributed by atoms with Crippen molar-refractivity contribution in [2.75, 3.05) is 25.0 Å². The molecule has 0 unspecified atom stereocenters. The fourth-order valence-electron chi connectivity index (χ4n) is 4.20. The number of carboxylic acid groups (broad SMARTS) is 1. The summed E-state index contributed by atoms with van der Waals surface area (Å²) in [5.74, 6) is -0.730. The molecule has 2 aromatic heterocycles. The zero-order valence-corrected chi connectivity index (χ0v) is 13.4. The summed E-state index contributed by atoms with van der Waals surface area (Å²) in [6.45, 7) is 1.33. The number of aromatic amines is 1. The first-order valence-electron chi connectivity index (χ1n) is 8.05. The van der Waals surface area contributed by atoms with Crippen molar-refractivity contribution in [2.24, 2.45) is 5.92 Å². The minimum Gasteiger partial charge on any atom is -0.481 e. The standard InChI is InChI=1S/C16H19N5O3/c1-20-12(22)8-11(15(23)24)16(20)3-6-21(7-4-16)14-10-2-5-17-13(10)18-9-19-14/h2,5,9,11H,3-4,6-8H2,1H3,(H,23,24)(H,17,18,19)/t11-/m0/s1. The molecule has 0 radical (unpaired) electrons. The highest BCUT2D eigenvalue weighted by molar-refractivity contribution is 5.89. The van der Waals surface area contributed by atoms with E-state index >= 15 is 0 Å². The van der Waals surface area contributed by atoms with Crippen molar-refractivity contribution in [3.05, 3.63) is 18.6 Å². The Balaban J connectivity index is 1.61.